The SMILES string of the molecule is CC(C)(C)n1c(C#N)ccc1C#N. The van der Waals surface area contributed by atoms with E-state index in [0.717, 1.165) is 0 Å². The van der Waals surface area contributed by atoms with Crippen LogP contribution in [-0.2, 0) is 5.54 Å². The zero-order chi connectivity index (χ0) is 10.1. The first-order valence-electron chi connectivity index (χ1n) is 4.03. The monoisotopic (exact) mass is 173 g/mol. The summed E-state index contributed by atoms with van der Waals surface area (Å²) in [6, 6.07) is 7.48. The van der Waals surface area contributed by atoms with Crippen molar-refractivity contribution in [2.45, 2.75) is 26.3 Å². The number of hydrogen-bond donors (Lipinski definition) is 0. The quantitative estimate of drug-likeness (QED) is 0.602. The third kappa shape index (κ3) is 1.55. The lowest BCUT2D eigenvalue weighted by molar-refractivity contribution is 0.392. The van der Waals surface area contributed by atoms with Crippen LogP contribution in [0.5, 0.6) is 0 Å². The van der Waals surface area contributed by atoms with Crippen molar-refractivity contribution in [2.24, 2.45) is 0 Å². The first-order chi connectivity index (χ1) is 6.00. The van der Waals surface area contributed by atoms with Crippen molar-refractivity contribution >= 4 is 0 Å². The Morgan fingerprint density at radius 3 is 1.69 bits per heavy atom. The molecule has 3 nitrogen and oxygen atoms in total. The Balaban J connectivity index is 3.42. The minimum Gasteiger partial charge on any atom is -0.319 e. The normalized spacial score (nSPS) is 10.5. The van der Waals surface area contributed by atoms with Crippen LogP contribution in [0, 0.1) is 22.7 Å². The summed E-state index contributed by atoms with van der Waals surface area (Å²) < 4.78 is 1.74. The number of nitriles is 2. The Bertz CT molecular complexity index is 362. The lowest BCUT2D eigenvalue weighted by Crippen LogP contribution is -2.24. The third-order valence-electron chi connectivity index (χ3n) is 1.78. The summed E-state index contributed by atoms with van der Waals surface area (Å²) >= 11 is 0. The van der Waals surface area contributed by atoms with Gasteiger partial charge in [0.2, 0.25) is 0 Å². The van der Waals surface area contributed by atoms with E-state index in [1.165, 1.54) is 0 Å². The molecule has 0 saturated carbocycles. The van der Waals surface area contributed by atoms with Gasteiger partial charge in [-0.1, -0.05) is 0 Å². The van der Waals surface area contributed by atoms with Crippen molar-refractivity contribution in [3.63, 3.8) is 0 Å². The second-order valence-corrected chi connectivity index (χ2v) is 3.83. The molecule has 1 aromatic heterocycles. The van der Waals surface area contributed by atoms with Crippen LogP contribution in [0.15, 0.2) is 12.1 Å². The van der Waals surface area contributed by atoms with Crippen molar-refractivity contribution in [2.75, 3.05) is 0 Å². The Morgan fingerprint density at radius 1 is 1.08 bits per heavy atom. The molecule has 0 radical (unpaired) electrons. The highest BCUT2D eigenvalue weighted by Gasteiger charge is 2.19. The second kappa shape index (κ2) is 2.95. The number of aromatic nitrogens is 1. The van der Waals surface area contributed by atoms with Gasteiger partial charge in [-0.3, -0.25) is 0 Å². The van der Waals surface area contributed by atoms with Crippen LogP contribution in [0.4, 0.5) is 0 Å². The van der Waals surface area contributed by atoms with Gasteiger partial charge in [0.15, 0.2) is 0 Å². The molecule has 0 aliphatic carbocycles. The van der Waals surface area contributed by atoms with Gasteiger partial charge in [-0.2, -0.15) is 10.5 Å². The van der Waals surface area contributed by atoms with Crippen LogP contribution in [-0.4, -0.2) is 4.57 Å². The second-order valence-electron chi connectivity index (χ2n) is 3.83. The van der Waals surface area contributed by atoms with Crippen molar-refractivity contribution in [1.82, 2.24) is 4.57 Å². The van der Waals surface area contributed by atoms with E-state index in [0.29, 0.717) is 11.4 Å². The fraction of sp³-hybridized carbons (Fsp3) is 0.400. The van der Waals surface area contributed by atoms with Gasteiger partial charge in [0.25, 0.3) is 0 Å². The molecule has 1 rings (SSSR count). The molecule has 13 heavy (non-hydrogen) atoms. The number of hydrogen-bond acceptors (Lipinski definition) is 2. The average molecular weight is 173 g/mol. The van der Waals surface area contributed by atoms with E-state index in [9.17, 15) is 0 Å². The van der Waals surface area contributed by atoms with Gasteiger partial charge in [0.05, 0.1) is 0 Å². The van der Waals surface area contributed by atoms with Gasteiger partial charge in [-0.25, -0.2) is 0 Å². The largest absolute Gasteiger partial charge is 0.319 e. The maximum absolute atomic E-state index is 8.81. The predicted octanol–water partition coefficient (Wildman–Crippen LogP) is 1.99. The summed E-state index contributed by atoms with van der Waals surface area (Å²) in [7, 11) is 0. The molecule has 0 aliphatic rings. The Hall–Kier alpha value is -1.74. The van der Waals surface area contributed by atoms with E-state index in [-0.39, 0.29) is 5.54 Å². The Kier molecular flexibility index (Phi) is 2.12. The molecule has 66 valence electrons. The fourth-order valence-electron chi connectivity index (χ4n) is 1.33. The Morgan fingerprint density at radius 2 is 1.46 bits per heavy atom. The van der Waals surface area contributed by atoms with Crippen LogP contribution >= 0.6 is 0 Å². The van der Waals surface area contributed by atoms with E-state index in [2.05, 4.69) is 12.1 Å². The summed E-state index contributed by atoms with van der Waals surface area (Å²) in [4.78, 5) is 0. The van der Waals surface area contributed by atoms with Gasteiger partial charge in [0.1, 0.15) is 23.5 Å². The zero-order valence-electron chi connectivity index (χ0n) is 8.00. The first kappa shape index (κ1) is 9.35. The Labute approximate surface area is 77.8 Å². The third-order valence-corrected chi connectivity index (χ3v) is 1.78. The molecule has 0 aliphatic heterocycles. The van der Waals surface area contributed by atoms with Crippen molar-refractivity contribution < 1.29 is 0 Å². The first-order valence-corrected chi connectivity index (χ1v) is 4.03. The molecule has 0 aromatic carbocycles. The van der Waals surface area contributed by atoms with Crippen LogP contribution in [0.2, 0.25) is 0 Å². The van der Waals surface area contributed by atoms with Crippen LogP contribution in [0.3, 0.4) is 0 Å². The number of nitrogens with zero attached hydrogens (tertiary/aromatic N) is 3. The molecule has 1 heterocycles. The summed E-state index contributed by atoms with van der Waals surface area (Å²) in [5.41, 5.74) is 0.840. The smallest absolute Gasteiger partial charge is 0.121 e. The molecule has 0 spiro atoms. The van der Waals surface area contributed by atoms with Crippen molar-refractivity contribution in [1.29, 1.82) is 10.5 Å². The van der Waals surface area contributed by atoms with Crippen molar-refractivity contribution in [3.8, 4) is 12.1 Å². The zero-order valence-corrected chi connectivity index (χ0v) is 8.00. The van der Waals surface area contributed by atoms with Crippen LogP contribution in [0.1, 0.15) is 32.2 Å². The standard InChI is InChI=1S/C10H11N3/c1-10(2,3)13-8(6-11)4-5-9(13)7-12/h4-5H,1-3H3. The highest BCUT2D eigenvalue weighted by atomic mass is 15.1. The summed E-state index contributed by atoms with van der Waals surface area (Å²) in [6.07, 6.45) is 0. The molecule has 0 amide bonds. The van der Waals surface area contributed by atoms with E-state index >= 15 is 0 Å². The predicted molar refractivity (Wildman–Crippen MR) is 48.9 cm³/mol. The molecule has 0 bridgehead atoms. The molecule has 0 saturated heterocycles. The summed E-state index contributed by atoms with van der Waals surface area (Å²) in [6.45, 7) is 5.90. The molecular formula is C10H11N3. The van der Waals surface area contributed by atoms with Gasteiger partial charge >= 0.3 is 0 Å². The maximum atomic E-state index is 8.81. The molecule has 0 fully saturated rings. The molecule has 0 atom stereocenters. The molecular weight excluding hydrogens is 162 g/mol. The topological polar surface area (TPSA) is 52.5 Å². The average Bonchev–Trinajstić information content (AvgIpc) is 2.45. The highest BCUT2D eigenvalue weighted by Crippen LogP contribution is 2.20. The van der Waals surface area contributed by atoms with E-state index in [4.69, 9.17) is 10.5 Å². The van der Waals surface area contributed by atoms with Crippen LogP contribution in [0.25, 0.3) is 0 Å². The van der Waals surface area contributed by atoms with E-state index in [1.54, 1.807) is 16.7 Å². The lowest BCUT2D eigenvalue weighted by atomic mass is 10.1. The van der Waals surface area contributed by atoms with E-state index in [1.807, 2.05) is 20.8 Å². The molecule has 1 aromatic rings. The minimum atomic E-state index is -0.223. The van der Waals surface area contributed by atoms with Crippen molar-refractivity contribution in [3.05, 3.63) is 23.5 Å². The van der Waals surface area contributed by atoms with Gasteiger partial charge in [0, 0.05) is 5.54 Å². The van der Waals surface area contributed by atoms with Gasteiger partial charge in [-0.05, 0) is 32.9 Å². The molecule has 0 unspecified atom stereocenters. The van der Waals surface area contributed by atoms with E-state index < -0.39 is 0 Å². The van der Waals surface area contributed by atoms with Gasteiger partial charge < -0.3 is 4.57 Å². The summed E-state index contributed by atoms with van der Waals surface area (Å²) in [5.74, 6) is 0. The van der Waals surface area contributed by atoms with Crippen LogP contribution < -0.4 is 0 Å². The minimum absolute atomic E-state index is 0.223. The number of rotatable bonds is 0. The molecule has 0 N–H and O–H groups in total. The summed E-state index contributed by atoms with van der Waals surface area (Å²) in [5, 5.41) is 17.6. The highest BCUT2D eigenvalue weighted by molar-refractivity contribution is 5.34. The maximum Gasteiger partial charge on any atom is 0.121 e. The fourth-order valence-corrected chi connectivity index (χ4v) is 1.33. The van der Waals surface area contributed by atoms with Gasteiger partial charge in [-0.15, -0.1) is 0 Å². The lowest BCUT2D eigenvalue weighted by Gasteiger charge is -2.23. The molecule has 3 heteroatoms.